The van der Waals surface area contributed by atoms with Gasteiger partial charge in [-0.1, -0.05) is 17.7 Å². The number of nitrogens with one attached hydrogen (secondary N) is 1. The van der Waals surface area contributed by atoms with Crippen LogP contribution in [0.15, 0.2) is 65.8 Å². The largest absolute Gasteiger partial charge is 0.478 e. The number of aryl methyl sites for hydroxylation is 1. The lowest BCUT2D eigenvalue weighted by molar-refractivity contribution is -0.131. The first-order chi connectivity index (χ1) is 14.8. The molecule has 9 heteroatoms. The molecule has 0 radical (unpaired) electrons. The molecule has 2 aromatic heterocycles. The maximum absolute atomic E-state index is 12.4. The highest BCUT2D eigenvalue weighted by atomic mass is 35.5. The number of rotatable bonds is 10. The van der Waals surface area contributed by atoms with Crippen molar-refractivity contribution < 1.29 is 18.3 Å². The van der Waals surface area contributed by atoms with Crippen molar-refractivity contribution in [1.82, 2.24) is 9.71 Å². The van der Waals surface area contributed by atoms with Gasteiger partial charge in [0.25, 0.3) is 0 Å². The first-order valence-electron chi connectivity index (χ1n) is 9.50. The summed E-state index contributed by atoms with van der Waals surface area (Å²) in [6.45, 7) is 0.285. The van der Waals surface area contributed by atoms with E-state index < -0.39 is 16.0 Å². The summed E-state index contributed by atoms with van der Waals surface area (Å²) < 4.78 is 27.4. The minimum atomic E-state index is -3.59. The number of pyridine rings is 1. The lowest BCUT2D eigenvalue weighted by Gasteiger charge is -2.07. The molecule has 0 spiro atoms. The van der Waals surface area contributed by atoms with Gasteiger partial charge in [0.1, 0.15) is 0 Å². The van der Waals surface area contributed by atoms with Gasteiger partial charge < -0.3 is 5.11 Å². The molecule has 3 rings (SSSR count). The Balaban J connectivity index is 1.66. The summed E-state index contributed by atoms with van der Waals surface area (Å²) in [4.78, 5) is 17.1. The number of sulfonamides is 1. The molecule has 0 aliphatic carbocycles. The van der Waals surface area contributed by atoms with Gasteiger partial charge in [-0.25, -0.2) is 17.9 Å². The van der Waals surface area contributed by atoms with Gasteiger partial charge >= 0.3 is 5.97 Å². The quantitative estimate of drug-likeness (QED) is 0.334. The number of carboxylic acids is 1. The van der Waals surface area contributed by atoms with Crippen LogP contribution in [-0.4, -0.2) is 31.0 Å². The van der Waals surface area contributed by atoms with Crippen LogP contribution in [0.3, 0.4) is 0 Å². The van der Waals surface area contributed by atoms with Gasteiger partial charge in [-0.15, -0.1) is 11.3 Å². The van der Waals surface area contributed by atoms with Crippen LogP contribution in [0, 0.1) is 0 Å². The lowest BCUT2D eigenvalue weighted by Crippen LogP contribution is -2.25. The number of nitrogens with zero attached hydrogens (tertiary/aromatic N) is 1. The third kappa shape index (κ3) is 7.00. The number of aliphatic carboxylic acids is 1. The third-order valence-corrected chi connectivity index (χ3v) is 7.30. The van der Waals surface area contributed by atoms with Crippen LogP contribution in [0.25, 0.3) is 6.08 Å². The van der Waals surface area contributed by atoms with E-state index in [2.05, 4.69) is 9.71 Å². The Labute approximate surface area is 190 Å². The first kappa shape index (κ1) is 23.1. The van der Waals surface area contributed by atoms with Crippen molar-refractivity contribution in [2.75, 3.05) is 6.54 Å². The van der Waals surface area contributed by atoms with Gasteiger partial charge in [0.15, 0.2) is 0 Å². The SMILES string of the molecule is O=C(O)/C=C/c1cc(CCCNS(=O)(=O)c2ccc(Cl)cc2)c(Cc2cccnc2)s1. The van der Waals surface area contributed by atoms with Gasteiger partial charge in [-0.3, -0.25) is 4.98 Å². The zero-order valence-electron chi connectivity index (χ0n) is 16.5. The second-order valence-electron chi connectivity index (χ2n) is 6.76. The van der Waals surface area contributed by atoms with Crippen LogP contribution < -0.4 is 4.72 Å². The minimum absolute atomic E-state index is 0.172. The Hall–Kier alpha value is -2.52. The molecule has 0 unspecified atom stereocenters. The average molecular weight is 477 g/mol. The second kappa shape index (κ2) is 10.7. The number of carbonyl (C=O) groups is 1. The monoisotopic (exact) mass is 476 g/mol. The maximum Gasteiger partial charge on any atom is 0.328 e. The van der Waals surface area contributed by atoms with Crippen LogP contribution in [0.4, 0.5) is 0 Å². The van der Waals surface area contributed by atoms with E-state index in [-0.39, 0.29) is 11.4 Å². The smallest absolute Gasteiger partial charge is 0.328 e. The molecule has 1 aromatic carbocycles. The first-order valence-corrected chi connectivity index (χ1v) is 12.2. The second-order valence-corrected chi connectivity index (χ2v) is 10.1. The highest BCUT2D eigenvalue weighted by molar-refractivity contribution is 7.89. The van der Waals surface area contributed by atoms with Crippen LogP contribution >= 0.6 is 22.9 Å². The van der Waals surface area contributed by atoms with Crippen LogP contribution in [0.5, 0.6) is 0 Å². The highest BCUT2D eigenvalue weighted by Crippen LogP contribution is 2.27. The number of hydrogen-bond acceptors (Lipinski definition) is 5. The molecule has 0 amide bonds. The van der Waals surface area contributed by atoms with Gasteiger partial charge in [-0.05, 0) is 66.4 Å². The van der Waals surface area contributed by atoms with Crippen molar-refractivity contribution in [3.05, 3.63) is 86.8 Å². The van der Waals surface area contributed by atoms with E-state index in [9.17, 15) is 13.2 Å². The maximum atomic E-state index is 12.4. The topological polar surface area (TPSA) is 96.4 Å². The number of carboxylic acid groups (broad SMARTS) is 1. The molecule has 2 heterocycles. The molecule has 6 nitrogen and oxygen atoms in total. The number of halogens is 1. The average Bonchev–Trinajstić information content (AvgIpc) is 3.12. The predicted molar refractivity (Wildman–Crippen MR) is 123 cm³/mol. The van der Waals surface area contributed by atoms with Gasteiger partial charge in [0, 0.05) is 46.2 Å². The van der Waals surface area contributed by atoms with Crippen LogP contribution in [-0.2, 0) is 27.7 Å². The molecule has 0 saturated carbocycles. The summed E-state index contributed by atoms with van der Waals surface area (Å²) in [6, 6.07) is 11.8. The Bertz CT molecular complexity index is 1160. The van der Waals surface area contributed by atoms with E-state index in [1.165, 1.54) is 23.5 Å². The van der Waals surface area contributed by atoms with E-state index in [1.807, 2.05) is 18.2 Å². The Morgan fingerprint density at radius 2 is 2.00 bits per heavy atom. The van der Waals surface area contributed by atoms with Crippen LogP contribution in [0.2, 0.25) is 5.02 Å². The fraction of sp³-hybridized carbons (Fsp3) is 0.182. The Morgan fingerprint density at radius 1 is 1.23 bits per heavy atom. The summed E-state index contributed by atoms with van der Waals surface area (Å²) in [7, 11) is -3.59. The van der Waals surface area contributed by atoms with Gasteiger partial charge in [0.05, 0.1) is 4.90 Å². The lowest BCUT2D eigenvalue weighted by atomic mass is 10.1. The van der Waals surface area contributed by atoms with Crippen molar-refractivity contribution in [3.63, 3.8) is 0 Å². The molecule has 0 bridgehead atoms. The van der Waals surface area contributed by atoms with Crippen molar-refractivity contribution in [1.29, 1.82) is 0 Å². The third-order valence-electron chi connectivity index (χ3n) is 4.43. The zero-order chi connectivity index (χ0) is 22.3. The molecule has 0 aliphatic heterocycles. The molecule has 0 fully saturated rings. The van der Waals surface area contributed by atoms with Crippen molar-refractivity contribution in [2.24, 2.45) is 0 Å². The zero-order valence-corrected chi connectivity index (χ0v) is 18.9. The Kier molecular flexibility index (Phi) is 7.97. The highest BCUT2D eigenvalue weighted by Gasteiger charge is 2.14. The standard InChI is InChI=1S/C22H21ClN2O4S2/c23-18-5-8-20(9-6-18)31(28,29)25-12-2-4-17-14-19(7-10-22(26)27)30-21(17)13-16-3-1-11-24-15-16/h1,3,5-11,14-15,25H,2,4,12-13H2,(H,26,27)/b10-7+. The predicted octanol–water partition coefficient (Wildman–Crippen LogP) is 4.40. The molecule has 162 valence electrons. The summed E-state index contributed by atoms with van der Waals surface area (Å²) in [5.41, 5.74) is 2.13. The molecule has 0 atom stereocenters. The molecule has 0 saturated heterocycles. The number of thiophene rings is 1. The molecule has 31 heavy (non-hydrogen) atoms. The summed E-state index contributed by atoms with van der Waals surface area (Å²) >= 11 is 7.34. The van der Waals surface area contributed by atoms with E-state index in [4.69, 9.17) is 16.7 Å². The summed E-state index contributed by atoms with van der Waals surface area (Å²) in [5, 5.41) is 9.36. The van der Waals surface area contributed by atoms with E-state index in [0.29, 0.717) is 24.3 Å². The number of benzene rings is 1. The van der Waals surface area contributed by atoms with E-state index in [1.54, 1.807) is 30.6 Å². The number of aromatic nitrogens is 1. The normalized spacial score (nSPS) is 11.8. The molecular weight excluding hydrogens is 456 g/mol. The van der Waals surface area contributed by atoms with Crippen molar-refractivity contribution in [3.8, 4) is 0 Å². The molecule has 0 aliphatic rings. The Morgan fingerprint density at radius 3 is 2.68 bits per heavy atom. The molecular formula is C22H21ClN2O4S2. The van der Waals surface area contributed by atoms with Crippen molar-refractivity contribution >= 4 is 45.0 Å². The molecule has 2 N–H and O–H groups in total. The fourth-order valence-electron chi connectivity index (χ4n) is 2.96. The number of hydrogen-bond donors (Lipinski definition) is 2. The van der Waals surface area contributed by atoms with Crippen molar-refractivity contribution in [2.45, 2.75) is 24.2 Å². The van der Waals surface area contributed by atoms with E-state index >= 15 is 0 Å². The summed E-state index contributed by atoms with van der Waals surface area (Å²) in [5.74, 6) is -1.000. The summed E-state index contributed by atoms with van der Waals surface area (Å²) in [6.07, 6.45) is 8.16. The van der Waals surface area contributed by atoms with Crippen LogP contribution in [0.1, 0.15) is 27.3 Å². The fourth-order valence-corrected chi connectivity index (χ4v) is 5.31. The van der Waals surface area contributed by atoms with Gasteiger partial charge in [0.2, 0.25) is 10.0 Å². The molecule has 3 aromatic rings. The minimum Gasteiger partial charge on any atom is -0.478 e. The van der Waals surface area contributed by atoms with E-state index in [0.717, 1.165) is 27.0 Å². The van der Waals surface area contributed by atoms with Gasteiger partial charge in [-0.2, -0.15) is 0 Å².